The molecular weight excluding hydrogens is 380 g/mol. The summed E-state index contributed by atoms with van der Waals surface area (Å²) in [6.07, 6.45) is 3.54. The smallest absolute Gasteiger partial charge is 0.410 e. The molecule has 2 aliphatic rings. The average Bonchev–Trinajstić information content (AvgIpc) is 3.11. The molecule has 3 aromatic rings. The van der Waals surface area contributed by atoms with Crippen LogP contribution in [0, 0.1) is 6.92 Å². The van der Waals surface area contributed by atoms with Crippen molar-refractivity contribution in [3.63, 3.8) is 0 Å². The summed E-state index contributed by atoms with van der Waals surface area (Å²) >= 11 is 0. The summed E-state index contributed by atoms with van der Waals surface area (Å²) < 4.78 is 11.3. The number of carbonyl (C=O) groups is 1. The van der Waals surface area contributed by atoms with Crippen LogP contribution in [0.3, 0.4) is 0 Å². The van der Waals surface area contributed by atoms with Crippen LogP contribution >= 0.6 is 0 Å². The van der Waals surface area contributed by atoms with E-state index in [2.05, 4.69) is 4.98 Å². The largest absolute Gasteiger partial charge is 0.445 e. The van der Waals surface area contributed by atoms with Crippen molar-refractivity contribution in [2.75, 3.05) is 0 Å². The molecule has 2 unspecified atom stereocenters. The number of carbonyl (C=O) groups excluding carboxylic acids is 1. The highest BCUT2D eigenvalue weighted by molar-refractivity contribution is 5.74. The summed E-state index contributed by atoms with van der Waals surface area (Å²) in [5, 5.41) is 11.6. The maximum atomic E-state index is 12.9. The fraction of sp³-hybridized carbons (Fsp3) is 0.417. The van der Waals surface area contributed by atoms with Crippen molar-refractivity contribution in [2.45, 2.75) is 63.3 Å². The minimum absolute atomic E-state index is 0.0297. The minimum Gasteiger partial charge on any atom is -0.445 e. The van der Waals surface area contributed by atoms with Gasteiger partial charge in [0.2, 0.25) is 0 Å². The maximum Gasteiger partial charge on any atom is 0.410 e. The quantitative estimate of drug-likeness (QED) is 0.684. The second-order valence-electron chi connectivity index (χ2n) is 8.54. The van der Waals surface area contributed by atoms with E-state index in [4.69, 9.17) is 9.15 Å². The number of benzene rings is 2. The molecule has 1 aromatic heterocycles. The molecule has 156 valence electrons. The zero-order chi connectivity index (χ0) is 20.7. The van der Waals surface area contributed by atoms with Gasteiger partial charge in [0.15, 0.2) is 11.5 Å². The van der Waals surface area contributed by atoms with Gasteiger partial charge in [-0.15, -0.1) is 0 Å². The Labute approximate surface area is 175 Å². The molecule has 2 aromatic carbocycles. The number of piperidine rings is 2. The molecule has 2 atom stereocenters. The first kappa shape index (κ1) is 19.1. The summed E-state index contributed by atoms with van der Waals surface area (Å²) in [6, 6.07) is 15.4. The molecule has 2 saturated heterocycles. The third-order valence-corrected chi connectivity index (χ3v) is 6.46. The summed E-state index contributed by atoms with van der Waals surface area (Å²) in [7, 11) is 0. The number of hydrogen-bond donors (Lipinski definition) is 1. The van der Waals surface area contributed by atoms with Gasteiger partial charge in [0, 0.05) is 31.8 Å². The first-order valence-corrected chi connectivity index (χ1v) is 10.6. The molecule has 30 heavy (non-hydrogen) atoms. The van der Waals surface area contributed by atoms with Gasteiger partial charge >= 0.3 is 6.09 Å². The number of ether oxygens (including phenoxy) is 1. The number of aliphatic hydroxyl groups is 1. The van der Waals surface area contributed by atoms with Crippen LogP contribution in [-0.4, -0.2) is 33.2 Å². The lowest BCUT2D eigenvalue weighted by Crippen LogP contribution is -2.58. The average molecular weight is 406 g/mol. The van der Waals surface area contributed by atoms with E-state index >= 15 is 0 Å². The number of rotatable bonds is 3. The lowest BCUT2D eigenvalue weighted by atomic mass is 9.72. The summed E-state index contributed by atoms with van der Waals surface area (Å²) in [4.78, 5) is 19.1. The molecule has 1 N–H and O–H groups in total. The highest BCUT2D eigenvalue weighted by Crippen LogP contribution is 2.45. The van der Waals surface area contributed by atoms with Crippen molar-refractivity contribution in [1.29, 1.82) is 0 Å². The zero-order valence-electron chi connectivity index (χ0n) is 17.1. The molecule has 0 spiro atoms. The number of fused-ring (bicyclic) bond motifs is 3. The second kappa shape index (κ2) is 7.43. The molecule has 2 fully saturated rings. The van der Waals surface area contributed by atoms with E-state index in [-0.39, 0.29) is 24.8 Å². The van der Waals surface area contributed by atoms with E-state index in [1.54, 1.807) is 0 Å². The first-order valence-electron chi connectivity index (χ1n) is 10.6. The van der Waals surface area contributed by atoms with Crippen LogP contribution < -0.4 is 0 Å². The standard InChI is InChI=1S/C24H26N2O4/c1-16-25-21-11-10-18(12-22(21)30-16)24(28)13-19-8-5-9-20(14-24)26(19)23(27)29-15-17-6-3-2-4-7-17/h2-4,6-7,10-12,19-20,28H,5,8-9,13-15H2,1H3. The van der Waals surface area contributed by atoms with Crippen LogP contribution in [0.25, 0.3) is 11.1 Å². The van der Waals surface area contributed by atoms with E-state index < -0.39 is 5.60 Å². The van der Waals surface area contributed by atoms with Crippen LogP contribution in [-0.2, 0) is 16.9 Å². The van der Waals surface area contributed by atoms with Crippen LogP contribution in [0.2, 0.25) is 0 Å². The third kappa shape index (κ3) is 3.45. The Hall–Kier alpha value is -2.86. The van der Waals surface area contributed by atoms with Crippen LogP contribution in [0.1, 0.15) is 49.1 Å². The monoisotopic (exact) mass is 406 g/mol. The van der Waals surface area contributed by atoms with Crippen molar-refractivity contribution in [2.24, 2.45) is 0 Å². The molecule has 0 saturated carbocycles. The van der Waals surface area contributed by atoms with Crippen LogP contribution in [0.15, 0.2) is 52.9 Å². The Morgan fingerprint density at radius 1 is 1.20 bits per heavy atom. The van der Waals surface area contributed by atoms with Crippen molar-refractivity contribution >= 4 is 17.2 Å². The lowest BCUT2D eigenvalue weighted by molar-refractivity contribution is -0.0896. The molecule has 6 heteroatoms. The van der Waals surface area contributed by atoms with Gasteiger partial charge in [-0.3, -0.25) is 0 Å². The van der Waals surface area contributed by atoms with E-state index in [0.29, 0.717) is 24.3 Å². The van der Waals surface area contributed by atoms with E-state index in [1.807, 2.05) is 60.4 Å². The van der Waals surface area contributed by atoms with E-state index in [1.165, 1.54) is 0 Å². The molecule has 2 bridgehead atoms. The van der Waals surface area contributed by atoms with Gasteiger partial charge in [-0.05, 0) is 42.5 Å². The number of amides is 1. The number of aryl methyl sites for hydroxylation is 1. The Balaban J connectivity index is 1.35. The van der Waals surface area contributed by atoms with Crippen molar-refractivity contribution in [1.82, 2.24) is 9.88 Å². The lowest BCUT2D eigenvalue weighted by Gasteiger charge is -2.51. The number of nitrogens with zero attached hydrogens (tertiary/aromatic N) is 2. The van der Waals surface area contributed by atoms with E-state index in [9.17, 15) is 9.90 Å². The molecule has 6 nitrogen and oxygen atoms in total. The van der Waals surface area contributed by atoms with Gasteiger partial charge in [-0.25, -0.2) is 9.78 Å². The van der Waals surface area contributed by atoms with Gasteiger partial charge in [-0.1, -0.05) is 36.4 Å². The van der Waals surface area contributed by atoms with Gasteiger partial charge in [0.05, 0.1) is 5.60 Å². The van der Waals surface area contributed by atoms with Crippen LogP contribution in [0.4, 0.5) is 4.79 Å². The third-order valence-electron chi connectivity index (χ3n) is 6.46. The Morgan fingerprint density at radius 3 is 2.67 bits per heavy atom. The first-order chi connectivity index (χ1) is 14.5. The second-order valence-corrected chi connectivity index (χ2v) is 8.54. The fourth-order valence-corrected chi connectivity index (χ4v) is 5.09. The van der Waals surface area contributed by atoms with Crippen LogP contribution in [0.5, 0.6) is 0 Å². The van der Waals surface area contributed by atoms with Gasteiger partial charge < -0.3 is 19.2 Å². The molecular formula is C24H26N2O4. The predicted octanol–water partition coefficient (Wildman–Crippen LogP) is 4.68. The minimum atomic E-state index is -0.985. The summed E-state index contributed by atoms with van der Waals surface area (Å²) in [6.45, 7) is 2.08. The normalized spacial score (nSPS) is 26.0. The molecule has 0 radical (unpaired) electrons. The molecule has 5 rings (SSSR count). The Kier molecular flexibility index (Phi) is 4.74. The van der Waals surface area contributed by atoms with Gasteiger partial charge in [-0.2, -0.15) is 0 Å². The summed E-state index contributed by atoms with van der Waals surface area (Å²) in [5.74, 6) is 0.613. The molecule has 0 aliphatic carbocycles. The van der Waals surface area contributed by atoms with E-state index in [0.717, 1.165) is 35.9 Å². The summed E-state index contributed by atoms with van der Waals surface area (Å²) in [5.41, 5.74) is 2.30. The molecule has 2 aliphatic heterocycles. The SMILES string of the molecule is Cc1nc2ccc(C3(O)CC4CCCC(C3)N4C(=O)OCc3ccccc3)cc2o1. The van der Waals surface area contributed by atoms with Crippen molar-refractivity contribution in [3.8, 4) is 0 Å². The highest BCUT2D eigenvalue weighted by Gasteiger charge is 2.48. The Bertz CT molecular complexity index is 1050. The molecule has 1 amide bonds. The Morgan fingerprint density at radius 2 is 1.93 bits per heavy atom. The highest BCUT2D eigenvalue weighted by atomic mass is 16.6. The number of hydrogen-bond acceptors (Lipinski definition) is 5. The predicted molar refractivity (Wildman–Crippen MR) is 112 cm³/mol. The number of aromatic nitrogens is 1. The van der Waals surface area contributed by atoms with Crippen molar-refractivity contribution in [3.05, 3.63) is 65.5 Å². The van der Waals surface area contributed by atoms with Crippen molar-refractivity contribution < 1.29 is 19.1 Å². The zero-order valence-corrected chi connectivity index (χ0v) is 17.1. The topological polar surface area (TPSA) is 75.8 Å². The maximum absolute atomic E-state index is 12.9. The fourth-order valence-electron chi connectivity index (χ4n) is 5.09. The van der Waals surface area contributed by atoms with Gasteiger partial charge in [0.25, 0.3) is 0 Å². The molecule has 3 heterocycles. The van der Waals surface area contributed by atoms with Gasteiger partial charge in [0.1, 0.15) is 12.1 Å². The number of oxazole rings is 1.